The van der Waals surface area contributed by atoms with Gasteiger partial charge in [-0.2, -0.15) is 0 Å². The van der Waals surface area contributed by atoms with Crippen molar-refractivity contribution in [1.29, 1.82) is 0 Å². The molecule has 0 saturated heterocycles. The maximum absolute atomic E-state index is 5.88. The average molecular weight is 306 g/mol. The first kappa shape index (κ1) is 13.1. The van der Waals surface area contributed by atoms with Crippen LogP contribution in [0.15, 0.2) is 36.9 Å². The van der Waals surface area contributed by atoms with E-state index in [1.807, 2.05) is 29.8 Å². The van der Waals surface area contributed by atoms with Gasteiger partial charge in [0.25, 0.3) is 0 Å². The standard InChI is InChI=1S/C13H12ClN5S/c1-9-15-5-6-19(9)13-10(3-2-4-16-13)17-8-12-18-7-11(14)20-12/h2-7,17H,8H2,1H3. The summed E-state index contributed by atoms with van der Waals surface area (Å²) in [6, 6.07) is 3.88. The Morgan fingerprint density at radius 1 is 1.30 bits per heavy atom. The number of hydrogen-bond donors (Lipinski definition) is 1. The largest absolute Gasteiger partial charge is 0.376 e. The topological polar surface area (TPSA) is 55.6 Å². The molecule has 3 rings (SSSR count). The summed E-state index contributed by atoms with van der Waals surface area (Å²) in [6.07, 6.45) is 7.07. The first-order valence-corrected chi connectivity index (χ1v) is 7.23. The Morgan fingerprint density at radius 3 is 2.90 bits per heavy atom. The number of hydrogen-bond acceptors (Lipinski definition) is 5. The maximum Gasteiger partial charge on any atom is 0.161 e. The molecular weight excluding hydrogens is 294 g/mol. The Balaban J connectivity index is 1.85. The van der Waals surface area contributed by atoms with Crippen LogP contribution in [-0.2, 0) is 6.54 Å². The summed E-state index contributed by atoms with van der Waals surface area (Å²) in [5.41, 5.74) is 0.930. The molecule has 102 valence electrons. The summed E-state index contributed by atoms with van der Waals surface area (Å²) in [4.78, 5) is 12.9. The molecular formula is C13H12ClN5S. The third-order valence-electron chi connectivity index (χ3n) is 2.80. The van der Waals surface area contributed by atoms with Crippen molar-refractivity contribution in [2.24, 2.45) is 0 Å². The van der Waals surface area contributed by atoms with Gasteiger partial charge in [0.15, 0.2) is 5.82 Å². The third-order valence-corrected chi connectivity index (χ3v) is 3.91. The van der Waals surface area contributed by atoms with E-state index in [0.717, 1.165) is 22.3 Å². The van der Waals surface area contributed by atoms with Crippen molar-refractivity contribution in [3.05, 3.63) is 52.1 Å². The highest BCUT2D eigenvalue weighted by molar-refractivity contribution is 7.15. The van der Waals surface area contributed by atoms with Crippen LogP contribution in [0.2, 0.25) is 4.34 Å². The molecule has 0 aliphatic carbocycles. The lowest BCUT2D eigenvalue weighted by atomic mass is 10.3. The predicted molar refractivity (Wildman–Crippen MR) is 80.5 cm³/mol. The summed E-state index contributed by atoms with van der Waals surface area (Å²) >= 11 is 7.34. The van der Waals surface area contributed by atoms with Gasteiger partial charge in [0.2, 0.25) is 0 Å². The maximum atomic E-state index is 5.88. The smallest absolute Gasteiger partial charge is 0.161 e. The number of nitrogens with one attached hydrogen (secondary N) is 1. The molecule has 0 aliphatic heterocycles. The van der Waals surface area contributed by atoms with E-state index in [9.17, 15) is 0 Å². The summed E-state index contributed by atoms with van der Waals surface area (Å²) in [5, 5.41) is 4.27. The highest BCUT2D eigenvalue weighted by Crippen LogP contribution is 2.22. The molecule has 7 heteroatoms. The van der Waals surface area contributed by atoms with Gasteiger partial charge < -0.3 is 5.32 Å². The van der Waals surface area contributed by atoms with E-state index in [4.69, 9.17) is 11.6 Å². The lowest BCUT2D eigenvalue weighted by Crippen LogP contribution is -2.06. The number of aromatic nitrogens is 4. The Morgan fingerprint density at radius 2 is 2.20 bits per heavy atom. The van der Waals surface area contributed by atoms with Gasteiger partial charge in [-0.15, -0.1) is 11.3 Å². The number of thiazole rings is 1. The lowest BCUT2D eigenvalue weighted by Gasteiger charge is -2.11. The Kier molecular flexibility index (Phi) is 3.66. The molecule has 0 saturated carbocycles. The number of halogens is 1. The molecule has 3 aromatic heterocycles. The van der Waals surface area contributed by atoms with E-state index in [2.05, 4.69) is 20.3 Å². The molecule has 5 nitrogen and oxygen atoms in total. The van der Waals surface area contributed by atoms with Gasteiger partial charge in [0, 0.05) is 18.6 Å². The van der Waals surface area contributed by atoms with Crippen LogP contribution in [-0.4, -0.2) is 19.5 Å². The third kappa shape index (κ3) is 2.66. The minimum Gasteiger partial charge on any atom is -0.376 e. The van der Waals surface area contributed by atoms with Crippen molar-refractivity contribution < 1.29 is 0 Å². The van der Waals surface area contributed by atoms with Crippen molar-refractivity contribution >= 4 is 28.6 Å². The second-order valence-electron chi connectivity index (χ2n) is 4.13. The van der Waals surface area contributed by atoms with Crippen molar-refractivity contribution in [2.75, 3.05) is 5.32 Å². The number of rotatable bonds is 4. The van der Waals surface area contributed by atoms with Gasteiger partial charge in [0.05, 0.1) is 18.4 Å². The molecule has 0 aliphatic rings. The zero-order valence-corrected chi connectivity index (χ0v) is 12.3. The Hall–Kier alpha value is -1.92. The molecule has 0 fully saturated rings. The highest BCUT2D eigenvalue weighted by Gasteiger charge is 2.08. The average Bonchev–Trinajstić information content (AvgIpc) is 3.05. The van der Waals surface area contributed by atoms with Crippen LogP contribution in [0, 0.1) is 6.92 Å². The number of nitrogens with zero attached hydrogens (tertiary/aromatic N) is 4. The second-order valence-corrected chi connectivity index (χ2v) is 5.88. The molecule has 3 heterocycles. The van der Waals surface area contributed by atoms with E-state index < -0.39 is 0 Å². The molecule has 0 bridgehead atoms. The molecule has 3 aromatic rings. The molecule has 0 radical (unpaired) electrons. The van der Waals surface area contributed by atoms with E-state index in [1.54, 1.807) is 18.6 Å². The Labute approximate surface area is 125 Å². The predicted octanol–water partition coefficient (Wildman–Crippen LogP) is 3.30. The van der Waals surface area contributed by atoms with E-state index in [-0.39, 0.29) is 0 Å². The van der Waals surface area contributed by atoms with Gasteiger partial charge in [-0.1, -0.05) is 11.6 Å². The van der Waals surface area contributed by atoms with Crippen LogP contribution in [0.1, 0.15) is 10.8 Å². The zero-order valence-electron chi connectivity index (χ0n) is 10.7. The van der Waals surface area contributed by atoms with Crippen LogP contribution in [0.4, 0.5) is 5.69 Å². The molecule has 0 spiro atoms. The molecule has 20 heavy (non-hydrogen) atoms. The van der Waals surface area contributed by atoms with Crippen molar-refractivity contribution in [3.63, 3.8) is 0 Å². The summed E-state index contributed by atoms with van der Waals surface area (Å²) < 4.78 is 2.63. The van der Waals surface area contributed by atoms with Crippen LogP contribution in [0.3, 0.4) is 0 Å². The van der Waals surface area contributed by atoms with Gasteiger partial charge in [-0.05, 0) is 19.1 Å². The van der Waals surface area contributed by atoms with Gasteiger partial charge in [0.1, 0.15) is 15.2 Å². The summed E-state index contributed by atoms with van der Waals surface area (Å²) in [7, 11) is 0. The summed E-state index contributed by atoms with van der Waals surface area (Å²) in [5.74, 6) is 1.72. The first-order chi connectivity index (χ1) is 9.74. The molecule has 0 aromatic carbocycles. The fourth-order valence-corrected chi connectivity index (χ4v) is 2.77. The van der Waals surface area contributed by atoms with Crippen LogP contribution in [0.5, 0.6) is 0 Å². The van der Waals surface area contributed by atoms with E-state index >= 15 is 0 Å². The molecule has 0 unspecified atom stereocenters. The highest BCUT2D eigenvalue weighted by atomic mass is 35.5. The first-order valence-electron chi connectivity index (χ1n) is 6.03. The van der Waals surface area contributed by atoms with E-state index in [0.29, 0.717) is 10.9 Å². The van der Waals surface area contributed by atoms with Crippen molar-refractivity contribution in [2.45, 2.75) is 13.5 Å². The molecule has 1 N–H and O–H groups in total. The monoisotopic (exact) mass is 305 g/mol. The second kappa shape index (κ2) is 5.60. The van der Waals surface area contributed by atoms with Gasteiger partial charge >= 0.3 is 0 Å². The lowest BCUT2D eigenvalue weighted by molar-refractivity contribution is 0.928. The fourth-order valence-electron chi connectivity index (χ4n) is 1.87. The fraction of sp³-hybridized carbons (Fsp3) is 0.154. The quantitative estimate of drug-likeness (QED) is 0.803. The normalized spacial score (nSPS) is 10.7. The van der Waals surface area contributed by atoms with Gasteiger partial charge in [-0.3, -0.25) is 4.57 Å². The molecule has 0 atom stereocenters. The van der Waals surface area contributed by atoms with Crippen LogP contribution < -0.4 is 5.32 Å². The number of anilines is 1. The van der Waals surface area contributed by atoms with Crippen LogP contribution in [0.25, 0.3) is 5.82 Å². The number of aryl methyl sites for hydroxylation is 1. The van der Waals surface area contributed by atoms with Gasteiger partial charge in [-0.25, -0.2) is 15.0 Å². The SMILES string of the molecule is Cc1nccn1-c1ncccc1NCc1ncc(Cl)s1. The zero-order chi connectivity index (χ0) is 13.9. The number of pyridine rings is 1. The van der Waals surface area contributed by atoms with Crippen LogP contribution >= 0.6 is 22.9 Å². The summed E-state index contributed by atoms with van der Waals surface area (Å²) in [6.45, 7) is 2.56. The van der Waals surface area contributed by atoms with E-state index in [1.165, 1.54) is 11.3 Å². The van der Waals surface area contributed by atoms with Crippen molar-refractivity contribution in [3.8, 4) is 5.82 Å². The Bertz CT molecular complexity index is 721. The minimum absolute atomic E-state index is 0.615. The minimum atomic E-state index is 0.615. The van der Waals surface area contributed by atoms with Crippen molar-refractivity contribution in [1.82, 2.24) is 19.5 Å². The number of imidazole rings is 1. The molecule has 0 amide bonds.